The minimum absolute atomic E-state index is 0.160. The zero-order valence-corrected chi connectivity index (χ0v) is 13.9. The van der Waals surface area contributed by atoms with Crippen molar-refractivity contribution in [2.45, 2.75) is 26.2 Å². The Morgan fingerprint density at radius 2 is 1.96 bits per heavy atom. The molecule has 2 aromatic rings. The number of carboxylic acids is 1. The Morgan fingerprint density at radius 1 is 1.25 bits per heavy atom. The third-order valence-electron chi connectivity index (χ3n) is 4.23. The Labute approximate surface area is 141 Å². The maximum atomic E-state index is 10.8. The number of hydrogen-bond acceptors (Lipinski definition) is 4. The number of carbonyl (C=O) groups is 1. The second-order valence-electron chi connectivity index (χ2n) is 6.05. The number of hydrogen-bond donors (Lipinski definition) is 1. The zero-order valence-electron chi connectivity index (χ0n) is 13.9. The molecule has 0 unspecified atom stereocenters. The van der Waals surface area contributed by atoms with Gasteiger partial charge in [-0.25, -0.2) is 4.98 Å². The lowest BCUT2D eigenvalue weighted by atomic mass is 10.2. The van der Waals surface area contributed by atoms with Crippen LogP contribution in [0.4, 0.5) is 5.82 Å². The highest BCUT2D eigenvalue weighted by Crippen LogP contribution is 2.25. The van der Waals surface area contributed by atoms with Gasteiger partial charge in [0.25, 0.3) is 0 Å². The number of imidazole rings is 1. The van der Waals surface area contributed by atoms with Gasteiger partial charge in [0.15, 0.2) is 0 Å². The summed E-state index contributed by atoms with van der Waals surface area (Å²) in [5, 5.41) is 8.87. The van der Waals surface area contributed by atoms with Crippen LogP contribution in [0.1, 0.15) is 24.2 Å². The molecule has 1 aromatic heterocycles. The quantitative estimate of drug-likeness (QED) is 0.881. The molecule has 0 bridgehead atoms. The van der Waals surface area contributed by atoms with Crippen LogP contribution in [-0.4, -0.2) is 46.9 Å². The molecule has 0 radical (unpaired) electrons. The van der Waals surface area contributed by atoms with Gasteiger partial charge in [0, 0.05) is 31.6 Å². The maximum absolute atomic E-state index is 10.8. The highest BCUT2D eigenvalue weighted by molar-refractivity contribution is 5.66. The minimum atomic E-state index is -0.767. The predicted octanol–water partition coefficient (Wildman–Crippen LogP) is 2.42. The van der Waals surface area contributed by atoms with E-state index in [1.807, 2.05) is 6.20 Å². The standard InChI is InChI=1S/C18H23N3O3/c1-14-5-7-15(8-6-14)21-16(3-2-4-18(22)23)19-13-17(21)20-9-11-24-12-10-20/h5-8,13H,2-4,9-12H2,1H3,(H,22,23). The van der Waals surface area contributed by atoms with Crippen LogP contribution >= 0.6 is 0 Å². The Morgan fingerprint density at radius 3 is 2.62 bits per heavy atom. The molecule has 3 rings (SSSR count). The van der Waals surface area contributed by atoms with E-state index in [4.69, 9.17) is 9.84 Å². The number of nitrogens with zero attached hydrogens (tertiary/aromatic N) is 3. The highest BCUT2D eigenvalue weighted by Gasteiger charge is 2.19. The fraction of sp³-hybridized carbons (Fsp3) is 0.444. The molecule has 1 N–H and O–H groups in total. The fourth-order valence-electron chi connectivity index (χ4n) is 2.94. The number of aliphatic carboxylic acids is 1. The first-order chi connectivity index (χ1) is 11.6. The lowest BCUT2D eigenvalue weighted by molar-refractivity contribution is -0.137. The third kappa shape index (κ3) is 3.76. The molecule has 128 valence electrons. The van der Waals surface area contributed by atoms with Crippen molar-refractivity contribution in [3.63, 3.8) is 0 Å². The molecule has 2 heterocycles. The van der Waals surface area contributed by atoms with Crippen LogP contribution < -0.4 is 4.90 Å². The van der Waals surface area contributed by atoms with Gasteiger partial charge in [-0.05, 0) is 25.5 Å². The van der Waals surface area contributed by atoms with E-state index in [0.717, 1.165) is 30.4 Å². The van der Waals surface area contributed by atoms with Crippen molar-refractivity contribution in [2.24, 2.45) is 0 Å². The van der Waals surface area contributed by atoms with Crippen molar-refractivity contribution >= 4 is 11.8 Å². The molecule has 6 nitrogen and oxygen atoms in total. The average Bonchev–Trinajstić information content (AvgIpc) is 3.00. The van der Waals surface area contributed by atoms with E-state index in [2.05, 4.69) is 45.6 Å². The molecule has 24 heavy (non-hydrogen) atoms. The molecule has 1 saturated heterocycles. The normalized spacial score (nSPS) is 14.8. The van der Waals surface area contributed by atoms with Crippen LogP contribution in [0.2, 0.25) is 0 Å². The lowest BCUT2D eigenvalue weighted by Gasteiger charge is -2.29. The van der Waals surface area contributed by atoms with E-state index in [1.54, 1.807) is 0 Å². The van der Waals surface area contributed by atoms with Crippen molar-refractivity contribution in [2.75, 3.05) is 31.2 Å². The van der Waals surface area contributed by atoms with Crippen molar-refractivity contribution in [1.82, 2.24) is 9.55 Å². The summed E-state index contributed by atoms with van der Waals surface area (Å²) in [5.74, 6) is 1.19. The summed E-state index contributed by atoms with van der Waals surface area (Å²) >= 11 is 0. The SMILES string of the molecule is Cc1ccc(-n2c(N3CCOCC3)cnc2CCCC(=O)O)cc1. The number of aromatic nitrogens is 2. The van der Waals surface area contributed by atoms with Gasteiger partial charge < -0.3 is 14.7 Å². The number of aryl methyl sites for hydroxylation is 2. The number of benzene rings is 1. The van der Waals surface area contributed by atoms with Gasteiger partial charge in [0.2, 0.25) is 0 Å². The first kappa shape index (κ1) is 16.5. The Bertz CT molecular complexity index is 688. The molecular formula is C18H23N3O3. The average molecular weight is 329 g/mol. The summed E-state index contributed by atoms with van der Waals surface area (Å²) in [7, 11) is 0. The van der Waals surface area contributed by atoms with E-state index in [-0.39, 0.29) is 6.42 Å². The monoisotopic (exact) mass is 329 g/mol. The van der Waals surface area contributed by atoms with Crippen LogP contribution in [0.3, 0.4) is 0 Å². The molecule has 0 aliphatic carbocycles. The highest BCUT2D eigenvalue weighted by atomic mass is 16.5. The van der Waals surface area contributed by atoms with Crippen LogP contribution in [0.15, 0.2) is 30.5 Å². The van der Waals surface area contributed by atoms with Gasteiger partial charge in [0.1, 0.15) is 11.6 Å². The van der Waals surface area contributed by atoms with Gasteiger partial charge in [0.05, 0.1) is 19.4 Å². The lowest BCUT2D eigenvalue weighted by Crippen LogP contribution is -2.37. The summed E-state index contributed by atoms with van der Waals surface area (Å²) in [6.07, 6.45) is 3.28. The van der Waals surface area contributed by atoms with Gasteiger partial charge in [-0.1, -0.05) is 17.7 Å². The number of anilines is 1. The van der Waals surface area contributed by atoms with Crippen LogP contribution in [0, 0.1) is 6.92 Å². The molecular weight excluding hydrogens is 306 g/mol. The Balaban J connectivity index is 1.91. The Hall–Kier alpha value is -2.34. The van der Waals surface area contributed by atoms with Gasteiger partial charge >= 0.3 is 5.97 Å². The molecule has 0 saturated carbocycles. The topological polar surface area (TPSA) is 67.6 Å². The largest absolute Gasteiger partial charge is 0.481 e. The molecule has 6 heteroatoms. The van der Waals surface area contributed by atoms with Crippen molar-refractivity contribution in [3.8, 4) is 5.69 Å². The van der Waals surface area contributed by atoms with Crippen molar-refractivity contribution in [3.05, 3.63) is 41.9 Å². The maximum Gasteiger partial charge on any atom is 0.303 e. The second kappa shape index (κ2) is 7.49. The number of morpholine rings is 1. The minimum Gasteiger partial charge on any atom is -0.481 e. The van der Waals surface area contributed by atoms with Crippen LogP contribution in [0.25, 0.3) is 5.69 Å². The summed E-state index contributed by atoms with van der Waals surface area (Å²) in [6, 6.07) is 8.34. The Kier molecular flexibility index (Phi) is 5.15. The van der Waals surface area contributed by atoms with E-state index < -0.39 is 5.97 Å². The third-order valence-corrected chi connectivity index (χ3v) is 4.23. The molecule has 0 spiro atoms. The molecule has 1 aliphatic heterocycles. The first-order valence-corrected chi connectivity index (χ1v) is 8.33. The number of rotatable bonds is 6. The van der Waals surface area contributed by atoms with Crippen molar-refractivity contribution in [1.29, 1.82) is 0 Å². The van der Waals surface area contributed by atoms with Gasteiger partial charge in [-0.2, -0.15) is 0 Å². The predicted molar refractivity (Wildman–Crippen MR) is 91.9 cm³/mol. The second-order valence-corrected chi connectivity index (χ2v) is 6.05. The van der Waals surface area contributed by atoms with E-state index in [0.29, 0.717) is 26.1 Å². The molecule has 1 fully saturated rings. The summed E-state index contributed by atoms with van der Waals surface area (Å²) < 4.78 is 7.59. The summed E-state index contributed by atoms with van der Waals surface area (Å²) in [5.41, 5.74) is 2.27. The first-order valence-electron chi connectivity index (χ1n) is 8.33. The van der Waals surface area contributed by atoms with Gasteiger partial charge in [-0.3, -0.25) is 9.36 Å². The van der Waals surface area contributed by atoms with Crippen LogP contribution in [0.5, 0.6) is 0 Å². The van der Waals surface area contributed by atoms with Gasteiger partial charge in [-0.15, -0.1) is 0 Å². The van der Waals surface area contributed by atoms with E-state index in [9.17, 15) is 4.79 Å². The van der Waals surface area contributed by atoms with Crippen molar-refractivity contribution < 1.29 is 14.6 Å². The summed E-state index contributed by atoms with van der Waals surface area (Å²) in [4.78, 5) is 17.6. The molecule has 0 atom stereocenters. The number of carboxylic acid groups (broad SMARTS) is 1. The molecule has 0 amide bonds. The number of ether oxygens (including phenoxy) is 1. The smallest absolute Gasteiger partial charge is 0.303 e. The van der Waals surface area contributed by atoms with E-state index in [1.165, 1.54) is 5.56 Å². The fourth-order valence-corrected chi connectivity index (χ4v) is 2.94. The molecule has 1 aromatic carbocycles. The van der Waals surface area contributed by atoms with Crippen LogP contribution in [-0.2, 0) is 16.0 Å². The molecule has 1 aliphatic rings. The van der Waals surface area contributed by atoms with E-state index >= 15 is 0 Å². The summed E-state index contributed by atoms with van der Waals surface area (Å²) in [6.45, 7) is 5.17. The zero-order chi connectivity index (χ0) is 16.9.